The van der Waals surface area contributed by atoms with Gasteiger partial charge in [0.15, 0.2) is 11.5 Å². The molecule has 0 bridgehead atoms. The van der Waals surface area contributed by atoms with Gasteiger partial charge < -0.3 is 24.1 Å². The van der Waals surface area contributed by atoms with Gasteiger partial charge in [-0.25, -0.2) is 0 Å². The number of amides is 1. The maximum absolute atomic E-state index is 13.5. The van der Waals surface area contributed by atoms with Gasteiger partial charge in [0.1, 0.15) is 17.3 Å². The van der Waals surface area contributed by atoms with Crippen LogP contribution in [0.4, 0.5) is 5.69 Å². The molecule has 0 aliphatic carbocycles. The molecular formula is C30H31NO7. The van der Waals surface area contributed by atoms with E-state index in [2.05, 4.69) is 0 Å². The van der Waals surface area contributed by atoms with Crippen molar-refractivity contribution in [3.05, 3.63) is 83.4 Å². The number of benzene rings is 3. The molecule has 0 aromatic heterocycles. The molecule has 0 spiro atoms. The van der Waals surface area contributed by atoms with Gasteiger partial charge in [0.25, 0.3) is 11.7 Å². The van der Waals surface area contributed by atoms with Crippen molar-refractivity contribution in [3.8, 4) is 23.0 Å². The number of hydrogen-bond donors (Lipinski definition) is 1. The molecular weight excluding hydrogens is 486 g/mol. The predicted octanol–water partition coefficient (Wildman–Crippen LogP) is 5.52. The van der Waals surface area contributed by atoms with Crippen LogP contribution < -0.4 is 23.8 Å². The molecule has 3 aromatic rings. The summed E-state index contributed by atoms with van der Waals surface area (Å²) in [7, 11) is 2.98. The second kappa shape index (κ2) is 11.3. The molecule has 1 aliphatic rings. The first-order valence-electron chi connectivity index (χ1n) is 12.3. The minimum absolute atomic E-state index is 0.0437. The van der Waals surface area contributed by atoms with Crippen molar-refractivity contribution in [2.24, 2.45) is 0 Å². The van der Waals surface area contributed by atoms with Crippen LogP contribution in [0.5, 0.6) is 23.0 Å². The number of carbonyl (C=O) groups excluding carboxylic acids is 2. The fourth-order valence-corrected chi connectivity index (χ4v) is 4.45. The third-order valence-corrected chi connectivity index (χ3v) is 6.07. The van der Waals surface area contributed by atoms with Crippen molar-refractivity contribution < 1.29 is 33.6 Å². The first-order valence-corrected chi connectivity index (χ1v) is 12.3. The Balaban J connectivity index is 1.90. The quantitative estimate of drug-likeness (QED) is 0.227. The summed E-state index contributed by atoms with van der Waals surface area (Å²) in [5, 5.41) is 11.4. The van der Waals surface area contributed by atoms with Gasteiger partial charge in [0.05, 0.1) is 38.5 Å². The van der Waals surface area contributed by atoms with Crippen LogP contribution in [0.25, 0.3) is 5.76 Å². The molecule has 1 N–H and O–H groups in total. The van der Waals surface area contributed by atoms with Gasteiger partial charge in [-0.05, 0) is 80.9 Å². The SMILES string of the molecule is CCOc1ccc(N2C(=O)C(=O)/C(=C(/O)c3ccc(OC)c(OC)c3)C2c2cccc(OC(C)C)c2)cc1. The summed E-state index contributed by atoms with van der Waals surface area (Å²) in [6.45, 7) is 6.20. The Labute approximate surface area is 222 Å². The monoisotopic (exact) mass is 517 g/mol. The molecule has 8 nitrogen and oxygen atoms in total. The van der Waals surface area contributed by atoms with Crippen LogP contribution in [-0.4, -0.2) is 43.7 Å². The molecule has 0 radical (unpaired) electrons. The lowest BCUT2D eigenvalue weighted by Crippen LogP contribution is -2.29. The number of ether oxygens (including phenoxy) is 4. The van der Waals surface area contributed by atoms with Crippen molar-refractivity contribution in [1.82, 2.24) is 0 Å². The summed E-state index contributed by atoms with van der Waals surface area (Å²) in [5.41, 5.74) is 1.37. The Morgan fingerprint density at radius 1 is 0.921 bits per heavy atom. The normalized spacial score (nSPS) is 16.6. The number of nitrogens with zero attached hydrogens (tertiary/aromatic N) is 1. The van der Waals surface area contributed by atoms with E-state index in [1.807, 2.05) is 20.8 Å². The molecule has 0 saturated carbocycles. The summed E-state index contributed by atoms with van der Waals surface area (Å²) in [5.74, 6) is 0.193. The lowest BCUT2D eigenvalue weighted by Gasteiger charge is -2.26. The van der Waals surface area contributed by atoms with Crippen LogP contribution in [0, 0.1) is 0 Å². The number of methoxy groups -OCH3 is 2. The summed E-state index contributed by atoms with van der Waals surface area (Å²) in [4.78, 5) is 28.3. The van der Waals surface area contributed by atoms with E-state index in [0.29, 0.717) is 46.4 Å². The van der Waals surface area contributed by atoms with Gasteiger partial charge in [0, 0.05) is 11.3 Å². The molecule has 4 rings (SSSR count). The van der Waals surface area contributed by atoms with E-state index < -0.39 is 17.7 Å². The van der Waals surface area contributed by atoms with Crippen molar-refractivity contribution in [1.29, 1.82) is 0 Å². The van der Waals surface area contributed by atoms with Gasteiger partial charge in [-0.1, -0.05) is 12.1 Å². The number of carbonyl (C=O) groups is 2. The Morgan fingerprint density at radius 3 is 2.26 bits per heavy atom. The number of anilines is 1. The Hall–Kier alpha value is -4.46. The zero-order chi connectivity index (χ0) is 27.4. The first-order chi connectivity index (χ1) is 18.3. The highest BCUT2D eigenvalue weighted by molar-refractivity contribution is 6.51. The van der Waals surface area contributed by atoms with Crippen LogP contribution in [0.2, 0.25) is 0 Å². The molecule has 1 amide bonds. The third-order valence-electron chi connectivity index (χ3n) is 6.07. The van der Waals surface area contributed by atoms with Crippen molar-refractivity contribution in [2.75, 3.05) is 25.7 Å². The highest BCUT2D eigenvalue weighted by atomic mass is 16.5. The second-order valence-corrected chi connectivity index (χ2v) is 8.90. The average Bonchev–Trinajstić information content (AvgIpc) is 3.18. The highest BCUT2D eigenvalue weighted by Crippen LogP contribution is 2.44. The molecule has 1 saturated heterocycles. The average molecular weight is 518 g/mol. The lowest BCUT2D eigenvalue weighted by atomic mass is 9.94. The largest absolute Gasteiger partial charge is 0.507 e. The summed E-state index contributed by atoms with van der Waals surface area (Å²) < 4.78 is 22.1. The van der Waals surface area contributed by atoms with Gasteiger partial charge in [-0.2, -0.15) is 0 Å². The molecule has 3 aromatic carbocycles. The Morgan fingerprint density at radius 2 is 1.63 bits per heavy atom. The van der Waals surface area contributed by atoms with E-state index in [1.165, 1.54) is 19.1 Å². The van der Waals surface area contributed by atoms with E-state index in [1.54, 1.807) is 66.7 Å². The molecule has 1 heterocycles. The van der Waals surface area contributed by atoms with Crippen LogP contribution in [-0.2, 0) is 9.59 Å². The van der Waals surface area contributed by atoms with Crippen molar-refractivity contribution in [2.45, 2.75) is 32.9 Å². The molecule has 1 fully saturated rings. The van der Waals surface area contributed by atoms with E-state index in [4.69, 9.17) is 18.9 Å². The van der Waals surface area contributed by atoms with E-state index in [9.17, 15) is 14.7 Å². The minimum Gasteiger partial charge on any atom is -0.507 e. The highest BCUT2D eigenvalue weighted by Gasteiger charge is 2.47. The zero-order valence-corrected chi connectivity index (χ0v) is 22.1. The topological polar surface area (TPSA) is 94.5 Å². The molecule has 1 unspecified atom stereocenters. The number of hydrogen-bond acceptors (Lipinski definition) is 7. The van der Waals surface area contributed by atoms with Gasteiger partial charge >= 0.3 is 0 Å². The number of rotatable bonds is 9. The summed E-state index contributed by atoms with van der Waals surface area (Å²) in [6, 6.07) is 18.0. The maximum atomic E-state index is 13.5. The number of Topliss-reactive ketones (excluding diaryl/α,β-unsaturated/α-hetero) is 1. The molecule has 38 heavy (non-hydrogen) atoms. The van der Waals surface area contributed by atoms with Crippen LogP contribution in [0.15, 0.2) is 72.3 Å². The smallest absolute Gasteiger partial charge is 0.300 e. The summed E-state index contributed by atoms with van der Waals surface area (Å²) >= 11 is 0. The van der Waals surface area contributed by atoms with E-state index >= 15 is 0 Å². The third kappa shape index (κ3) is 5.16. The predicted molar refractivity (Wildman–Crippen MR) is 144 cm³/mol. The van der Waals surface area contributed by atoms with Gasteiger partial charge in [-0.3, -0.25) is 14.5 Å². The van der Waals surface area contributed by atoms with Crippen LogP contribution in [0.1, 0.15) is 37.9 Å². The summed E-state index contributed by atoms with van der Waals surface area (Å²) in [6.07, 6.45) is -0.0746. The van der Waals surface area contributed by atoms with E-state index in [0.717, 1.165) is 0 Å². The zero-order valence-electron chi connectivity index (χ0n) is 22.1. The van der Waals surface area contributed by atoms with Gasteiger partial charge in [-0.15, -0.1) is 0 Å². The molecule has 198 valence electrons. The van der Waals surface area contributed by atoms with Crippen LogP contribution >= 0.6 is 0 Å². The molecule has 1 aliphatic heterocycles. The van der Waals surface area contributed by atoms with Gasteiger partial charge in [0.2, 0.25) is 0 Å². The lowest BCUT2D eigenvalue weighted by molar-refractivity contribution is -0.132. The van der Waals surface area contributed by atoms with Crippen molar-refractivity contribution in [3.63, 3.8) is 0 Å². The van der Waals surface area contributed by atoms with E-state index in [-0.39, 0.29) is 17.4 Å². The Kier molecular flexibility index (Phi) is 7.90. The Bertz CT molecular complexity index is 1360. The standard InChI is InChI=1S/C30H31NO7/c1-6-37-22-13-11-21(12-14-22)31-27(19-8-7-9-23(16-19)38-18(2)3)26(29(33)30(31)34)28(32)20-10-15-24(35-4)25(17-20)36-5/h7-18,27,32H,6H2,1-5H3/b28-26+. The number of ketones is 1. The number of aliphatic hydroxyl groups is 1. The first kappa shape index (κ1) is 26.6. The fraction of sp³-hybridized carbons (Fsp3) is 0.267. The molecule has 8 heteroatoms. The maximum Gasteiger partial charge on any atom is 0.300 e. The van der Waals surface area contributed by atoms with Crippen LogP contribution in [0.3, 0.4) is 0 Å². The molecule has 1 atom stereocenters. The minimum atomic E-state index is -0.906. The number of aliphatic hydroxyl groups excluding tert-OH is 1. The fourth-order valence-electron chi connectivity index (χ4n) is 4.45. The second-order valence-electron chi connectivity index (χ2n) is 8.90. The van der Waals surface area contributed by atoms with Crippen molar-refractivity contribution >= 4 is 23.1 Å².